The molecule has 0 heterocycles. The van der Waals surface area contributed by atoms with Gasteiger partial charge in [-0.3, -0.25) is 4.79 Å². The number of amides is 1. The topological polar surface area (TPSA) is 53.2 Å². The van der Waals surface area contributed by atoms with Crippen molar-refractivity contribution in [2.24, 2.45) is 0 Å². The summed E-state index contributed by atoms with van der Waals surface area (Å²) in [6.07, 6.45) is 15.9. The number of carbonyl (C=O) groups is 1. The van der Waals surface area contributed by atoms with Gasteiger partial charge in [0, 0.05) is 12.1 Å². The third kappa shape index (κ3) is 15.3. The second-order valence-electron chi connectivity index (χ2n) is 8.95. The largest absolute Gasteiger partial charge is 0.339 e. The summed E-state index contributed by atoms with van der Waals surface area (Å²) in [7, 11) is 0. The van der Waals surface area contributed by atoms with E-state index in [4.69, 9.17) is 47.0 Å². The molecular weight excluding hydrogens is 509 g/mol. The fourth-order valence-corrected chi connectivity index (χ4v) is 4.29. The first-order valence-corrected chi connectivity index (χ1v) is 14.3. The number of para-hydroxylation sites is 1. The minimum atomic E-state index is -1.75. The molecule has 1 amide bonds. The number of aryl methyl sites for hydroxylation is 1. The number of thiocarbonyl (C=S) groups is 1. The third-order valence-corrected chi connectivity index (χ3v) is 6.68. The predicted octanol–water partition coefficient (Wildman–Crippen LogP) is 8.58. The highest BCUT2D eigenvalue weighted by atomic mass is 35.6. The Morgan fingerprint density at radius 3 is 1.85 bits per heavy atom. The quantitative estimate of drug-likeness (QED) is 0.0787. The first-order chi connectivity index (χ1) is 16.2. The molecule has 0 unspecified atom stereocenters. The van der Waals surface area contributed by atoms with Gasteiger partial charge in [-0.1, -0.05) is 137 Å². The molecule has 0 saturated heterocycles. The van der Waals surface area contributed by atoms with Gasteiger partial charge in [-0.2, -0.15) is 0 Å². The monoisotopic (exact) mass is 549 g/mol. The van der Waals surface area contributed by atoms with Crippen molar-refractivity contribution in [3.05, 3.63) is 29.8 Å². The summed E-state index contributed by atoms with van der Waals surface area (Å²) in [5.74, 6) is -0.161. The lowest BCUT2D eigenvalue weighted by atomic mass is 10.0. The number of carbonyl (C=O) groups excluding carboxylic acids is 1. The van der Waals surface area contributed by atoms with Crippen LogP contribution in [0.2, 0.25) is 0 Å². The Balaban J connectivity index is 2.19. The van der Waals surface area contributed by atoms with E-state index in [0.717, 1.165) is 30.5 Å². The van der Waals surface area contributed by atoms with E-state index in [0.29, 0.717) is 6.42 Å². The number of hydrogen-bond donors (Lipinski definition) is 3. The molecular formula is C26H42Cl3N3OS. The van der Waals surface area contributed by atoms with Crippen LogP contribution in [0.3, 0.4) is 0 Å². The Hall–Kier alpha value is -0.750. The molecule has 0 radical (unpaired) electrons. The summed E-state index contributed by atoms with van der Waals surface area (Å²) in [6.45, 7) is 4.22. The average molecular weight is 551 g/mol. The Morgan fingerprint density at radius 1 is 0.853 bits per heavy atom. The van der Waals surface area contributed by atoms with E-state index in [9.17, 15) is 4.79 Å². The van der Waals surface area contributed by atoms with Gasteiger partial charge in [0.05, 0.1) is 0 Å². The summed E-state index contributed by atoms with van der Waals surface area (Å²) in [5.41, 5.74) is 1.88. The van der Waals surface area contributed by atoms with E-state index in [2.05, 4.69) is 22.9 Å². The van der Waals surface area contributed by atoms with Crippen molar-refractivity contribution in [2.75, 3.05) is 5.32 Å². The van der Waals surface area contributed by atoms with Gasteiger partial charge >= 0.3 is 0 Å². The van der Waals surface area contributed by atoms with E-state index < -0.39 is 9.96 Å². The molecule has 0 aliphatic carbocycles. The number of nitrogens with one attached hydrogen (secondary N) is 3. The lowest BCUT2D eigenvalue weighted by Crippen LogP contribution is -2.56. The summed E-state index contributed by atoms with van der Waals surface area (Å²) in [6, 6.07) is 7.72. The highest BCUT2D eigenvalue weighted by Gasteiger charge is 2.34. The molecule has 0 aromatic heterocycles. The minimum absolute atomic E-state index is 0.161. The molecule has 0 spiro atoms. The zero-order valence-electron chi connectivity index (χ0n) is 20.7. The van der Waals surface area contributed by atoms with Crippen molar-refractivity contribution in [3.8, 4) is 0 Å². The maximum Gasteiger partial charge on any atom is 0.228 e. The Kier molecular flexibility index (Phi) is 17.0. The minimum Gasteiger partial charge on any atom is -0.339 e. The Labute approximate surface area is 227 Å². The molecule has 0 aliphatic heterocycles. The summed E-state index contributed by atoms with van der Waals surface area (Å²) < 4.78 is -1.75. The van der Waals surface area contributed by atoms with Gasteiger partial charge in [-0.15, -0.1) is 0 Å². The second-order valence-corrected chi connectivity index (χ2v) is 11.7. The van der Waals surface area contributed by atoms with Crippen LogP contribution in [0.4, 0.5) is 5.69 Å². The van der Waals surface area contributed by atoms with Gasteiger partial charge < -0.3 is 16.0 Å². The van der Waals surface area contributed by atoms with Crippen molar-refractivity contribution in [1.29, 1.82) is 0 Å². The van der Waals surface area contributed by atoms with Gasteiger partial charge in [-0.25, -0.2) is 0 Å². The molecule has 0 aliphatic rings. The van der Waals surface area contributed by atoms with Crippen LogP contribution in [0.15, 0.2) is 24.3 Å². The number of hydrogen-bond acceptors (Lipinski definition) is 2. The molecule has 194 valence electrons. The molecule has 1 rings (SSSR count). The van der Waals surface area contributed by atoms with Gasteiger partial charge in [0.1, 0.15) is 6.17 Å². The molecule has 1 atom stereocenters. The lowest BCUT2D eigenvalue weighted by molar-refractivity contribution is -0.122. The molecule has 0 saturated carbocycles. The molecule has 8 heteroatoms. The van der Waals surface area contributed by atoms with Crippen LogP contribution in [0.1, 0.15) is 102 Å². The number of halogens is 3. The van der Waals surface area contributed by atoms with Crippen molar-refractivity contribution < 1.29 is 4.79 Å². The van der Waals surface area contributed by atoms with Crippen LogP contribution in [0, 0.1) is 6.92 Å². The van der Waals surface area contributed by atoms with Gasteiger partial charge in [0.25, 0.3) is 0 Å². The van der Waals surface area contributed by atoms with Crippen molar-refractivity contribution >= 4 is 63.7 Å². The number of unbranched alkanes of at least 4 members (excludes halogenated alkanes) is 12. The molecule has 0 bridgehead atoms. The summed E-state index contributed by atoms with van der Waals surface area (Å²) >= 11 is 23.6. The molecule has 3 N–H and O–H groups in total. The summed E-state index contributed by atoms with van der Waals surface area (Å²) in [5, 5.41) is 9.01. The fourth-order valence-electron chi connectivity index (χ4n) is 3.74. The number of alkyl halides is 3. The second kappa shape index (κ2) is 18.5. The van der Waals surface area contributed by atoms with Crippen LogP contribution in [-0.2, 0) is 4.79 Å². The standard InChI is InChI=1S/C26H42Cl3N3OS/c1-3-4-5-6-7-8-9-10-11-12-13-14-15-20-23(33)31-24(26(27,28)29)32-25(34)30-22-19-17-16-18-21(22)2/h16-19,24H,3-15,20H2,1-2H3,(H,31,33)(H2,30,32,34)/t24-/m0/s1. The smallest absolute Gasteiger partial charge is 0.228 e. The average Bonchev–Trinajstić information content (AvgIpc) is 2.77. The van der Waals surface area contributed by atoms with Crippen LogP contribution in [-0.4, -0.2) is 21.0 Å². The molecule has 0 fully saturated rings. The molecule has 4 nitrogen and oxygen atoms in total. The normalized spacial score (nSPS) is 12.3. The third-order valence-electron chi connectivity index (χ3n) is 5.81. The molecule has 34 heavy (non-hydrogen) atoms. The molecule has 1 aromatic carbocycles. The maximum absolute atomic E-state index is 12.4. The van der Waals surface area contributed by atoms with Gasteiger partial charge in [0.2, 0.25) is 9.70 Å². The van der Waals surface area contributed by atoms with Gasteiger partial charge in [0.15, 0.2) is 5.11 Å². The van der Waals surface area contributed by atoms with E-state index in [-0.39, 0.29) is 11.0 Å². The van der Waals surface area contributed by atoms with Crippen molar-refractivity contribution in [3.63, 3.8) is 0 Å². The zero-order chi connectivity index (χ0) is 25.2. The maximum atomic E-state index is 12.4. The van der Waals surface area contributed by atoms with E-state index >= 15 is 0 Å². The van der Waals surface area contributed by atoms with E-state index in [1.54, 1.807) is 0 Å². The fraction of sp³-hybridized carbons (Fsp3) is 0.692. The van der Waals surface area contributed by atoms with Crippen molar-refractivity contribution in [2.45, 2.75) is 114 Å². The van der Waals surface area contributed by atoms with Crippen LogP contribution >= 0.6 is 47.0 Å². The Bertz CT molecular complexity index is 713. The first-order valence-electron chi connectivity index (χ1n) is 12.7. The number of benzene rings is 1. The SMILES string of the molecule is CCCCCCCCCCCCCCCC(=O)N[C@@H](NC(=S)Nc1ccccc1C)C(Cl)(Cl)Cl. The highest BCUT2D eigenvalue weighted by Crippen LogP contribution is 2.29. The zero-order valence-corrected chi connectivity index (χ0v) is 23.8. The summed E-state index contributed by atoms with van der Waals surface area (Å²) in [4.78, 5) is 12.4. The van der Waals surface area contributed by atoms with E-state index in [1.165, 1.54) is 64.2 Å². The van der Waals surface area contributed by atoms with Crippen molar-refractivity contribution in [1.82, 2.24) is 10.6 Å². The first kappa shape index (κ1) is 31.3. The van der Waals surface area contributed by atoms with Crippen LogP contribution < -0.4 is 16.0 Å². The Morgan fingerprint density at radius 2 is 1.35 bits per heavy atom. The van der Waals surface area contributed by atoms with E-state index in [1.807, 2.05) is 31.2 Å². The lowest BCUT2D eigenvalue weighted by Gasteiger charge is -2.28. The number of rotatable bonds is 17. The molecule has 1 aromatic rings. The van der Waals surface area contributed by atoms with Gasteiger partial charge in [-0.05, 0) is 37.2 Å². The number of anilines is 1. The van der Waals surface area contributed by atoms with Crippen LogP contribution in [0.5, 0.6) is 0 Å². The van der Waals surface area contributed by atoms with Crippen LogP contribution in [0.25, 0.3) is 0 Å². The predicted molar refractivity (Wildman–Crippen MR) is 153 cm³/mol. The highest BCUT2D eigenvalue weighted by molar-refractivity contribution is 7.80.